The summed E-state index contributed by atoms with van der Waals surface area (Å²) < 4.78 is 20.8. The molecule has 1 unspecified atom stereocenters. The molecule has 1 fully saturated rings. The molecule has 12 heteroatoms. The lowest BCUT2D eigenvalue weighted by Crippen LogP contribution is -2.43. The lowest BCUT2D eigenvalue weighted by Gasteiger charge is -2.26. The quantitative estimate of drug-likeness (QED) is 0.105. The number of nitrogens with zero attached hydrogens (tertiary/aromatic N) is 3. The fourth-order valence-electron chi connectivity index (χ4n) is 3.28. The van der Waals surface area contributed by atoms with Gasteiger partial charge in [0, 0.05) is 4.91 Å². The van der Waals surface area contributed by atoms with Crippen molar-refractivity contribution in [1.29, 1.82) is 0 Å². The Balaban J connectivity index is 1.97. The smallest absolute Gasteiger partial charge is 0.338 e. The van der Waals surface area contributed by atoms with Gasteiger partial charge in [-0.25, -0.2) is 9.59 Å². The van der Waals surface area contributed by atoms with Gasteiger partial charge in [0.2, 0.25) is 16.2 Å². The van der Waals surface area contributed by atoms with Crippen LogP contribution < -0.4 is 0 Å². The van der Waals surface area contributed by atoms with Crippen molar-refractivity contribution in [1.82, 2.24) is 0 Å². The Morgan fingerprint density at radius 1 is 0.971 bits per heavy atom. The van der Waals surface area contributed by atoms with Crippen molar-refractivity contribution in [3.8, 4) is 0 Å². The Morgan fingerprint density at radius 3 is 1.91 bits per heavy atom. The minimum Gasteiger partial charge on any atom is -0.461 e. The molecular weight excluding hydrogens is 521 g/mol. The van der Waals surface area contributed by atoms with Gasteiger partial charge in [-0.15, -0.1) is 0 Å². The second-order valence-corrected chi connectivity index (χ2v) is 9.71. The molecule has 3 rings (SSSR count). The van der Waals surface area contributed by atoms with E-state index < -0.39 is 46.4 Å². The Bertz CT molecular complexity index is 1110. The Morgan fingerprint density at radius 2 is 1.46 bits per heavy atom. The van der Waals surface area contributed by atoms with Crippen LogP contribution in [-0.4, -0.2) is 46.4 Å². The molecule has 0 aromatic heterocycles. The average Bonchev–Trinajstić information content (AvgIpc) is 3.16. The fraction of sp³-hybridized carbons (Fsp3) is 0.304. The highest BCUT2D eigenvalue weighted by molar-refractivity contribution is 6.69. The van der Waals surface area contributed by atoms with Crippen molar-refractivity contribution in [2.45, 2.75) is 41.4 Å². The lowest BCUT2D eigenvalue weighted by atomic mass is 10.0. The third-order valence-corrected chi connectivity index (χ3v) is 5.63. The first-order valence-electron chi connectivity index (χ1n) is 10.3. The third kappa shape index (κ3) is 6.81. The highest BCUT2D eigenvalue weighted by Gasteiger charge is 2.53. The second kappa shape index (κ2) is 11.7. The van der Waals surface area contributed by atoms with Crippen LogP contribution in [0.5, 0.6) is 0 Å². The molecule has 1 aliphatic heterocycles. The van der Waals surface area contributed by atoms with E-state index >= 15 is 0 Å². The zero-order chi connectivity index (χ0) is 25.6. The molecule has 0 spiro atoms. The van der Waals surface area contributed by atoms with Crippen LogP contribution in [0, 0.1) is 0 Å². The summed E-state index contributed by atoms with van der Waals surface area (Å²) >= 11 is 17.6. The van der Waals surface area contributed by atoms with Gasteiger partial charge in [0.1, 0.15) is 11.9 Å². The predicted octanol–water partition coefficient (Wildman–Crippen LogP) is 5.76. The number of benzene rings is 2. The summed E-state index contributed by atoms with van der Waals surface area (Å²) in [6.45, 7) is 5.11. The summed E-state index contributed by atoms with van der Waals surface area (Å²) in [6.07, 6.45) is -5.05. The number of halogens is 3. The van der Waals surface area contributed by atoms with E-state index in [1.165, 1.54) is 6.92 Å². The number of carbonyl (C=O) groups excluding carboxylic acids is 2. The van der Waals surface area contributed by atoms with E-state index in [1.807, 2.05) is 0 Å². The van der Waals surface area contributed by atoms with E-state index in [0.717, 1.165) is 0 Å². The topological polar surface area (TPSA) is 120 Å². The van der Waals surface area contributed by atoms with Crippen molar-refractivity contribution < 1.29 is 28.5 Å². The molecule has 1 saturated heterocycles. The normalized spacial score (nSPS) is 22.4. The van der Waals surface area contributed by atoms with Crippen LogP contribution in [0.2, 0.25) is 0 Å². The zero-order valence-electron chi connectivity index (χ0n) is 18.3. The van der Waals surface area contributed by atoms with Crippen LogP contribution in [0.1, 0.15) is 27.6 Å². The number of allylic oxidation sites excluding steroid dienone is 1. The van der Waals surface area contributed by atoms with Crippen molar-refractivity contribution in [3.63, 3.8) is 0 Å². The maximum atomic E-state index is 12.9. The van der Waals surface area contributed by atoms with Crippen molar-refractivity contribution >= 4 is 46.7 Å². The van der Waals surface area contributed by atoms with Crippen molar-refractivity contribution in [2.24, 2.45) is 5.11 Å². The summed E-state index contributed by atoms with van der Waals surface area (Å²) in [7, 11) is 0. The van der Waals surface area contributed by atoms with Crippen LogP contribution >= 0.6 is 34.8 Å². The number of azide groups is 1. The summed E-state index contributed by atoms with van der Waals surface area (Å²) in [5.41, 5.74) is 9.40. The molecule has 1 aliphatic rings. The third-order valence-electron chi connectivity index (χ3n) is 5.00. The first-order valence-corrected chi connectivity index (χ1v) is 11.4. The largest absolute Gasteiger partial charge is 0.461 e. The van der Waals surface area contributed by atoms with Crippen LogP contribution in [0.25, 0.3) is 10.4 Å². The average molecular weight is 541 g/mol. The number of esters is 2. The summed E-state index contributed by atoms with van der Waals surface area (Å²) in [4.78, 5) is 28.5. The van der Waals surface area contributed by atoms with Gasteiger partial charge in [0.05, 0.1) is 17.2 Å². The van der Waals surface area contributed by atoms with Crippen LogP contribution in [0.4, 0.5) is 0 Å². The number of hydrogen-bond donors (Lipinski definition) is 0. The minimum atomic E-state index is -2.03. The van der Waals surface area contributed by atoms with Gasteiger partial charge < -0.3 is 18.9 Å². The maximum Gasteiger partial charge on any atom is 0.338 e. The van der Waals surface area contributed by atoms with E-state index in [1.54, 1.807) is 60.7 Å². The van der Waals surface area contributed by atoms with Gasteiger partial charge in [-0.3, -0.25) is 0 Å². The fourth-order valence-corrected chi connectivity index (χ4v) is 3.41. The van der Waals surface area contributed by atoms with Crippen LogP contribution in [0.3, 0.4) is 0 Å². The molecule has 0 bridgehead atoms. The van der Waals surface area contributed by atoms with Crippen molar-refractivity contribution in [2.75, 3.05) is 0 Å². The number of ether oxygens (including phenoxy) is 4. The molecule has 184 valence electrons. The van der Waals surface area contributed by atoms with E-state index in [2.05, 4.69) is 16.6 Å². The molecule has 2 aromatic carbocycles. The Kier molecular flexibility index (Phi) is 8.88. The first kappa shape index (κ1) is 26.7. The van der Waals surface area contributed by atoms with E-state index in [4.69, 9.17) is 59.3 Å². The van der Waals surface area contributed by atoms with Crippen LogP contribution in [0.15, 0.2) is 78.1 Å². The summed E-state index contributed by atoms with van der Waals surface area (Å²) in [6, 6.07) is 15.4. The molecule has 1 heterocycles. The van der Waals surface area contributed by atoms with Gasteiger partial charge in [-0.05, 0) is 29.8 Å². The van der Waals surface area contributed by atoms with E-state index in [-0.39, 0.29) is 16.9 Å². The number of rotatable bonds is 8. The molecule has 5 atom stereocenters. The number of hydrogen-bond acceptors (Lipinski definition) is 7. The number of alkyl halides is 3. The zero-order valence-corrected chi connectivity index (χ0v) is 20.6. The molecule has 0 radical (unpaired) electrons. The Hall–Kier alpha value is -2.94. The highest BCUT2D eigenvalue weighted by atomic mass is 35.6. The SMILES string of the molecule is C=C(O[C@@H]1O[C@H]([C@H](C)N=[N+]=[N-])C(OC(=O)c2ccccc2)[C@@H]1OC(=O)c1ccccc1)C(Cl)(Cl)Cl. The molecule has 0 saturated carbocycles. The van der Waals surface area contributed by atoms with Gasteiger partial charge in [0.25, 0.3) is 0 Å². The van der Waals surface area contributed by atoms with Gasteiger partial charge >= 0.3 is 11.9 Å². The molecule has 35 heavy (non-hydrogen) atoms. The lowest BCUT2D eigenvalue weighted by molar-refractivity contribution is -0.146. The van der Waals surface area contributed by atoms with Crippen molar-refractivity contribution in [3.05, 3.63) is 94.6 Å². The molecule has 0 amide bonds. The molecule has 0 aliphatic carbocycles. The van der Waals surface area contributed by atoms with Gasteiger partial charge in [-0.2, -0.15) is 0 Å². The predicted molar refractivity (Wildman–Crippen MR) is 129 cm³/mol. The van der Waals surface area contributed by atoms with E-state index in [9.17, 15) is 9.59 Å². The molecule has 2 aromatic rings. The monoisotopic (exact) mass is 539 g/mol. The Labute approximate surface area is 216 Å². The van der Waals surface area contributed by atoms with Gasteiger partial charge in [-0.1, -0.05) is 89.8 Å². The molecular formula is C23H20Cl3N3O6. The first-order chi connectivity index (χ1) is 16.6. The number of carbonyl (C=O) groups is 2. The van der Waals surface area contributed by atoms with E-state index in [0.29, 0.717) is 0 Å². The summed E-state index contributed by atoms with van der Waals surface area (Å²) in [5, 5.41) is 3.64. The highest BCUT2D eigenvalue weighted by Crippen LogP contribution is 2.39. The molecule has 0 N–H and O–H groups in total. The van der Waals surface area contributed by atoms with Gasteiger partial charge in [0.15, 0.2) is 6.10 Å². The maximum absolute atomic E-state index is 12.9. The summed E-state index contributed by atoms with van der Waals surface area (Å²) in [5.74, 6) is -1.79. The molecule has 9 nitrogen and oxygen atoms in total. The van der Waals surface area contributed by atoms with Crippen LogP contribution in [-0.2, 0) is 18.9 Å². The second-order valence-electron chi connectivity index (χ2n) is 7.43. The standard InChI is InChI=1S/C23H20Cl3N3O6/c1-13(28-29-27)17-18(33-20(30)15-9-5-3-6-10-15)19(22(35-17)32-14(2)23(24,25)26)34-21(31)16-11-7-4-8-12-16/h3-13,17-19,22H,2H2,1H3/t13-,17+,18?,19-,22+/m0/s1. The minimum absolute atomic E-state index is 0.228.